The fraction of sp³-hybridized carbons (Fsp3) is 0.538. The van der Waals surface area contributed by atoms with Crippen molar-refractivity contribution in [3.8, 4) is 0 Å². The number of benzene rings is 1. The number of hydrogen-bond donors (Lipinski definition) is 2. The summed E-state index contributed by atoms with van der Waals surface area (Å²) in [6.45, 7) is 3.52. The zero-order valence-corrected chi connectivity index (χ0v) is 10.8. The molecule has 0 aromatic heterocycles. The van der Waals surface area contributed by atoms with Gasteiger partial charge in [-0.1, -0.05) is 37.6 Å². The van der Waals surface area contributed by atoms with Crippen molar-refractivity contribution in [1.82, 2.24) is 0 Å². The maximum Gasteiger partial charge on any atom is 0.142 e. The summed E-state index contributed by atoms with van der Waals surface area (Å²) in [4.78, 5) is 0. The van der Waals surface area contributed by atoms with Crippen LogP contribution in [0.1, 0.15) is 19.4 Å². The minimum Gasteiger partial charge on any atom is -0.396 e. The molecule has 0 atom stereocenters. The summed E-state index contributed by atoms with van der Waals surface area (Å²) in [6, 6.07) is 4.59. The molecular formula is C13H18ClFO2. The van der Waals surface area contributed by atoms with E-state index >= 15 is 0 Å². The first-order chi connectivity index (χ1) is 7.96. The van der Waals surface area contributed by atoms with Gasteiger partial charge in [-0.15, -0.1) is 0 Å². The fourth-order valence-corrected chi connectivity index (χ4v) is 1.99. The number of aliphatic hydroxyl groups excluding tert-OH is 2. The molecule has 0 unspecified atom stereocenters. The average Bonchev–Trinajstić information content (AvgIpc) is 2.31. The highest BCUT2D eigenvalue weighted by Crippen LogP contribution is 2.33. The van der Waals surface area contributed by atoms with Gasteiger partial charge in [0.2, 0.25) is 0 Å². The Morgan fingerprint density at radius 1 is 1.29 bits per heavy atom. The van der Waals surface area contributed by atoms with Gasteiger partial charge in [-0.25, -0.2) is 4.39 Å². The van der Waals surface area contributed by atoms with E-state index in [9.17, 15) is 14.6 Å². The van der Waals surface area contributed by atoms with Crippen molar-refractivity contribution < 1.29 is 14.6 Å². The van der Waals surface area contributed by atoms with Gasteiger partial charge in [-0.3, -0.25) is 0 Å². The number of aliphatic hydroxyl groups is 2. The van der Waals surface area contributed by atoms with Crippen LogP contribution in [0.4, 0.5) is 4.39 Å². The third kappa shape index (κ3) is 2.97. The summed E-state index contributed by atoms with van der Waals surface area (Å²) in [5.41, 5.74) is -0.0549. The molecule has 2 N–H and O–H groups in total. The molecule has 0 aliphatic heterocycles. The largest absolute Gasteiger partial charge is 0.396 e. The van der Waals surface area contributed by atoms with Crippen LogP contribution in [0.25, 0.3) is 0 Å². The molecule has 0 saturated carbocycles. The summed E-state index contributed by atoms with van der Waals surface area (Å²) >= 11 is 5.88. The molecule has 1 aromatic rings. The number of halogens is 2. The van der Waals surface area contributed by atoms with E-state index in [1.165, 1.54) is 6.07 Å². The summed E-state index contributed by atoms with van der Waals surface area (Å²) < 4.78 is 13.3. The second-order valence-electron chi connectivity index (χ2n) is 4.72. The summed E-state index contributed by atoms with van der Waals surface area (Å²) in [5, 5.41) is 19.0. The van der Waals surface area contributed by atoms with Crippen molar-refractivity contribution in [1.29, 1.82) is 0 Å². The Balaban J connectivity index is 3.06. The van der Waals surface area contributed by atoms with Crippen LogP contribution in [0.3, 0.4) is 0 Å². The fourth-order valence-electron chi connectivity index (χ4n) is 1.80. The van der Waals surface area contributed by atoms with E-state index in [0.29, 0.717) is 12.0 Å². The first kappa shape index (κ1) is 14.4. The Hall–Kier alpha value is -0.640. The van der Waals surface area contributed by atoms with Crippen molar-refractivity contribution in [2.45, 2.75) is 20.3 Å². The molecule has 0 spiro atoms. The SMILES string of the molecule is CC(C)C(CO)(CO)Cc1cccc(F)c1Cl. The minimum absolute atomic E-state index is 0.0665. The smallest absolute Gasteiger partial charge is 0.142 e. The molecular weight excluding hydrogens is 243 g/mol. The Morgan fingerprint density at radius 3 is 2.35 bits per heavy atom. The highest BCUT2D eigenvalue weighted by Gasteiger charge is 2.33. The van der Waals surface area contributed by atoms with Crippen molar-refractivity contribution in [2.24, 2.45) is 11.3 Å². The summed E-state index contributed by atoms with van der Waals surface area (Å²) in [7, 11) is 0. The number of hydrogen-bond acceptors (Lipinski definition) is 2. The van der Waals surface area contributed by atoms with E-state index in [-0.39, 0.29) is 24.2 Å². The predicted molar refractivity (Wildman–Crippen MR) is 66.6 cm³/mol. The van der Waals surface area contributed by atoms with Crippen LogP contribution in [0.2, 0.25) is 5.02 Å². The molecule has 96 valence electrons. The van der Waals surface area contributed by atoms with Crippen molar-refractivity contribution in [2.75, 3.05) is 13.2 Å². The minimum atomic E-state index is -0.669. The van der Waals surface area contributed by atoms with Gasteiger partial charge in [0.05, 0.1) is 18.2 Å². The molecule has 1 rings (SSSR count). The van der Waals surface area contributed by atoms with Crippen LogP contribution in [0, 0.1) is 17.2 Å². The van der Waals surface area contributed by atoms with Gasteiger partial charge >= 0.3 is 0 Å². The molecule has 0 aliphatic rings. The molecule has 4 heteroatoms. The first-order valence-corrected chi connectivity index (χ1v) is 5.99. The van der Waals surface area contributed by atoms with Crippen molar-refractivity contribution >= 4 is 11.6 Å². The maximum absolute atomic E-state index is 13.3. The molecule has 0 bridgehead atoms. The van der Waals surface area contributed by atoms with Gasteiger partial charge < -0.3 is 10.2 Å². The highest BCUT2D eigenvalue weighted by molar-refractivity contribution is 6.31. The molecule has 0 heterocycles. The first-order valence-electron chi connectivity index (χ1n) is 5.61. The Labute approximate surface area is 106 Å². The van der Waals surface area contributed by atoms with Crippen LogP contribution >= 0.6 is 11.6 Å². The van der Waals surface area contributed by atoms with Crippen LogP contribution in [0.5, 0.6) is 0 Å². The van der Waals surface area contributed by atoms with E-state index in [1.807, 2.05) is 13.8 Å². The third-order valence-electron chi connectivity index (χ3n) is 3.43. The van der Waals surface area contributed by atoms with Gasteiger partial charge in [0, 0.05) is 5.41 Å². The lowest BCUT2D eigenvalue weighted by molar-refractivity contribution is 0.0163. The van der Waals surface area contributed by atoms with Crippen molar-refractivity contribution in [3.63, 3.8) is 0 Å². The monoisotopic (exact) mass is 260 g/mol. The lowest BCUT2D eigenvalue weighted by Crippen LogP contribution is -2.37. The summed E-state index contributed by atoms with van der Waals surface area (Å²) in [6.07, 6.45) is 0.355. The van der Waals surface area contributed by atoms with Gasteiger partial charge in [0.1, 0.15) is 5.82 Å². The Bertz CT molecular complexity index is 376. The van der Waals surface area contributed by atoms with Crippen molar-refractivity contribution in [3.05, 3.63) is 34.6 Å². The molecule has 0 fully saturated rings. The quantitative estimate of drug-likeness (QED) is 0.855. The van der Waals surface area contributed by atoms with Crippen LogP contribution in [0.15, 0.2) is 18.2 Å². The van der Waals surface area contributed by atoms with Crippen LogP contribution in [-0.2, 0) is 6.42 Å². The second kappa shape index (κ2) is 5.80. The van der Waals surface area contributed by atoms with Gasteiger partial charge in [-0.2, -0.15) is 0 Å². The Morgan fingerprint density at radius 2 is 1.88 bits per heavy atom. The topological polar surface area (TPSA) is 40.5 Å². The standard InChI is InChI=1S/C13H18ClFO2/c1-9(2)13(7-16,8-17)6-10-4-3-5-11(15)12(10)14/h3-5,9,16-17H,6-8H2,1-2H3. The molecule has 2 nitrogen and oxygen atoms in total. The van der Waals surface area contributed by atoms with Gasteiger partial charge in [0.25, 0.3) is 0 Å². The van der Waals surface area contributed by atoms with E-state index in [2.05, 4.69) is 0 Å². The van der Waals surface area contributed by atoms with Crippen LogP contribution < -0.4 is 0 Å². The third-order valence-corrected chi connectivity index (χ3v) is 3.85. The molecule has 0 aliphatic carbocycles. The lowest BCUT2D eigenvalue weighted by Gasteiger charge is -2.34. The molecule has 0 radical (unpaired) electrons. The van der Waals surface area contributed by atoms with E-state index < -0.39 is 11.2 Å². The second-order valence-corrected chi connectivity index (χ2v) is 5.10. The zero-order valence-electron chi connectivity index (χ0n) is 10.1. The maximum atomic E-state index is 13.3. The van der Waals surface area contributed by atoms with Crippen LogP contribution in [-0.4, -0.2) is 23.4 Å². The molecule has 1 aromatic carbocycles. The van der Waals surface area contributed by atoms with E-state index in [0.717, 1.165) is 0 Å². The average molecular weight is 261 g/mol. The molecule has 0 amide bonds. The zero-order chi connectivity index (χ0) is 13.1. The van der Waals surface area contributed by atoms with E-state index in [4.69, 9.17) is 11.6 Å². The van der Waals surface area contributed by atoms with E-state index in [1.54, 1.807) is 12.1 Å². The lowest BCUT2D eigenvalue weighted by atomic mass is 9.74. The molecule has 0 saturated heterocycles. The van der Waals surface area contributed by atoms with Gasteiger partial charge in [0.15, 0.2) is 0 Å². The normalized spacial score (nSPS) is 12.2. The summed E-state index contributed by atoms with van der Waals surface area (Å²) in [5.74, 6) is -0.408. The molecule has 17 heavy (non-hydrogen) atoms. The number of rotatable bonds is 5. The highest BCUT2D eigenvalue weighted by atomic mass is 35.5. The predicted octanol–water partition coefficient (Wildman–Crippen LogP) is 2.65. The Kier molecular flexibility index (Phi) is 4.92. The van der Waals surface area contributed by atoms with Gasteiger partial charge in [-0.05, 0) is 24.0 Å².